The minimum atomic E-state index is -0.377. The Hall–Kier alpha value is -1.18. The van der Waals surface area contributed by atoms with Gasteiger partial charge in [0.25, 0.3) is 0 Å². The van der Waals surface area contributed by atoms with Crippen molar-refractivity contribution in [2.45, 2.75) is 6.42 Å². The first-order valence-electron chi connectivity index (χ1n) is 5.58. The lowest BCUT2D eigenvalue weighted by Crippen LogP contribution is -2.37. The number of carbonyl (C=O) groups is 2. The molecule has 0 saturated carbocycles. The molecule has 0 rings (SSSR count). The van der Waals surface area contributed by atoms with Gasteiger partial charge in [-0.1, -0.05) is 0 Å². The van der Waals surface area contributed by atoms with Crippen molar-refractivity contribution < 1.29 is 14.3 Å². The second-order valence-corrected chi connectivity index (χ2v) is 3.64. The number of nitrogens with one attached hydrogen (secondary N) is 1. The zero-order valence-corrected chi connectivity index (χ0v) is 10.3. The van der Waals surface area contributed by atoms with Gasteiger partial charge in [-0.05, 0) is 19.5 Å². The molecule has 7 nitrogen and oxygen atoms in total. The fraction of sp³-hybridized carbons (Fsp3) is 0.800. The second-order valence-electron chi connectivity index (χ2n) is 3.64. The Morgan fingerprint density at radius 3 is 2.59 bits per heavy atom. The van der Waals surface area contributed by atoms with Crippen LogP contribution >= 0.6 is 0 Å². The van der Waals surface area contributed by atoms with E-state index in [1.54, 1.807) is 0 Å². The number of primary amides is 1. The molecule has 100 valence electrons. The topological polar surface area (TPSA) is 111 Å². The molecule has 0 fully saturated rings. The molecule has 1 amide bonds. The van der Waals surface area contributed by atoms with Gasteiger partial charge in [-0.25, -0.2) is 0 Å². The van der Waals surface area contributed by atoms with Gasteiger partial charge in [0.15, 0.2) is 0 Å². The minimum absolute atomic E-state index is 0.174. The van der Waals surface area contributed by atoms with Crippen molar-refractivity contribution in [1.29, 1.82) is 0 Å². The second kappa shape index (κ2) is 10.0. The highest BCUT2D eigenvalue weighted by molar-refractivity contribution is 5.75. The number of nitrogens with zero attached hydrogens (tertiary/aromatic N) is 1. The average Bonchev–Trinajstić information content (AvgIpc) is 2.28. The minimum Gasteiger partial charge on any atom is -0.468 e. The van der Waals surface area contributed by atoms with Crippen LogP contribution in [0.2, 0.25) is 0 Å². The molecule has 5 N–H and O–H groups in total. The van der Waals surface area contributed by atoms with Crippen LogP contribution in [0, 0.1) is 0 Å². The van der Waals surface area contributed by atoms with Crippen LogP contribution in [0.5, 0.6) is 0 Å². The lowest BCUT2D eigenvalue weighted by molar-refractivity contribution is -0.141. The molecule has 0 radical (unpaired) electrons. The van der Waals surface area contributed by atoms with Gasteiger partial charge < -0.3 is 21.5 Å². The summed E-state index contributed by atoms with van der Waals surface area (Å²) >= 11 is 0. The zero-order valence-electron chi connectivity index (χ0n) is 10.3. The van der Waals surface area contributed by atoms with Gasteiger partial charge in [0.05, 0.1) is 20.2 Å². The van der Waals surface area contributed by atoms with E-state index in [0.29, 0.717) is 19.6 Å². The number of hydrogen-bond acceptors (Lipinski definition) is 6. The highest BCUT2D eigenvalue weighted by atomic mass is 16.5. The van der Waals surface area contributed by atoms with E-state index in [-0.39, 0.29) is 25.0 Å². The Labute approximate surface area is 101 Å². The third-order valence-corrected chi connectivity index (χ3v) is 2.15. The fourth-order valence-electron chi connectivity index (χ4n) is 1.34. The van der Waals surface area contributed by atoms with Gasteiger partial charge in [-0.2, -0.15) is 0 Å². The van der Waals surface area contributed by atoms with Crippen LogP contribution in [0.25, 0.3) is 0 Å². The third-order valence-electron chi connectivity index (χ3n) is 2.15. The largest absolute Gasteiger partial charge is 0.468 e. The standard InChI is InChI=1S/C10H22N4O3/c1-17-10(16)8-14(6-3-11)5-2-4-13-7-9(12)15/h13H,2-8,11H2,1H3,(H2,12,15). The number of esters is 1. The predicted octanol–water partition coefficient (Wildman–Crippen LogP) is -2.11. The molecule has 0 spiro atoms. The van der Waals surface area contributed by atoms with Gasteiger partial charge >= 0.3 is 5.97 Å². The van der Waals surface area contributed by atoms with E-state index in [4.69, 9.17) is 11.5 Å². The van der Waals surface area contributed by atoms with Gasteiger partial charge in [-0.3, -0.25) is 14.5 Å². The van der Waals surface area contributed by atoms with Crippen LogP contribution in [0.4, 0.5) is 0 Å². The van der Waals surface area contributed by atoms with Gasteiger partial charge in [0.1, 0.15) is 0 Å². The van der Waals surface area contributed by atoms with E-state index in [0.717, 1.165) is 13.0 Å². The average molecular weight is 246 g/mol. The quantitative estimate of drug-likeness (QED) is 0.300. The molecular formula is C10H22N4O3. The van der Waals surface area contributed by atoms with Gasteiger partial charge in [0.2, 0.25) is 5.91 Å². The molecule has 0 aromatic rings. The van der Waals surface area contributed by atoms with Crippen molar-refractivity contribution in [3.63, 3.8) is 0 Å². The van der Waals surface area contributed by atoms with Crippen LogP contribution in [0.1, 0.15) is 6.42 Å². The van der Waals surface area contributed by atoms with Crippen molar-refractivity contribution in [2.75, 3.05) is 46.4 Å². The summed E-state index contributed by atoms with van der Waals surface area (Å²) in [6, 6.07) is 0. The summed E-state index contributed by atoms with van der Waals surface area (Å²) in [5.41, 5.74) is 10.4. The fourth-order valence-corrected chi connectivity index (χ4v) is 1.34. The first-order valence-corrected chi connectivity index (χ1v) is 5.58. The molecule has 0 saturated heterocycles. The van der Waals surface area contributed by atoms with Crippen LogP contribution in [-0.4, -0.2) is 63.2 Å². The molecule has 0 aliphatic carbocycles. The first-order chi connectivity index (χ1) is 8.10. The number of methoxy groups -OCH3 is 1. The van der Waals surface area contributed by atoms with Crippen LogP contribution in [-0.2, 0) is 14.3 Å². The number of rotatable bonds is 10. The summed E-state index contributed by atoms with van der Waals surface area (Å²) in [6.07, 6.45) is 0.810. The van der Waals surface area contributed by atoms with Crippen LogP contribution in [0.15, 0.2) is 0 Å². The van der Waals surface area contributed by atoms with E-state index in [1.807, 2.05) is 4.90 Å². The Kier molecular flexibility index (Phi) is 9.31. The Balaban J connectivity index is 3.69. The highest BCUT2D eigenvalue weighted by Crippen LogP contribution is 1.91. The van der Waals surface area contributed by atoms with Gasteiger partial charge in [-0.15, -0.1) is 0 Å². The normalized spacial score (nSPS) is 10.5. The van der Waals surface area contributed by atoms with Crippen molar-refractivity contribution in [3.05, 3.63) is 0 Å². The molecule has 0 heterocycles. The lowest BCUT2D eigenvalue weighted by atomic mass is 10.3. The number of carbonyl (C=O) groups excluding carboxylic acids is 2. The summed E-state index contributed by atoms with van der Waals surface area (Å²) in [7, 11) is 1.36. The number of amides is 1. The number of nitrogens with two attached hydrogens (primary N) is 2. The Morgan fingerprint density at radius 1 is 1.35 bits per heavy atom. The van der Waals surface area contributed by atoms with E-state index in [2.05, 4.69) is 10.1 Å². The van der Waals surface area contributed by atoms with Crippen LogP contribution in [0.3, 0.4) is 0 Å². The molecule has 0 bridgehead atoms. The highest BCUT2D eigenvalue weighted by Gasteiger charge is 2.09. The molecule has 0 aliphatic rings. The molecule has 0 atom stereocenters. The van der Waals surface area contributed by atoms with Crippen molar-refractivity contribution in [2.24, 2.45) is 11.5 Å². The maximum atomic E-state index is 11.1. The SMILES string of the molecule is COC(=O)CN(CCN)CCCNCC(N)=O. The summed E-state index contributed by atoms with van der Waals surface area (Å²) < 4.78 is 4.59. The Morgan fingerprint density at radius 2 is 2.06 bits per heavy atom. The molecular weight excluding hydrogens is 224 g/mol. The summed E-state index contributed by atoms with van der Waals surface area (Å²) in [6.45, 7) is 2.94. The van der Waals surface area contributed by atoms with Crippen LogP contribution < -0.4 is 16.8 Å². The lowest BCUT2D eigenvalue weighted by Gasteiger charge is -2.19. The van der Waals surface area contributed by atoms with Crippen molar-refractivity contribution >= 4 is 11.9 Å². The number of hydrogen-bond donors (Lipinski definition) is 3. The van der Waals surface area contributed by atoms with Crippen molar-refractivity contribution in [1.82, 2.24) is 10.2 Å². The van der Waals surface area contributed by atoms with E-state index in [1.165, 1.54) is 7.11 Å². The zero-order chi connectivity index (χ0) is 13.1. The Bertz CT molecular complexity index is 236. The number of ether oxygens (including phenoxy) is 1. The first kappa shape index (κ1) is 15.8. The maximum Gasteiger partial charge on any atom is 0.319 e. The molecule has 0 unspecified atom stereocenters. The van der Waals surface area contributed by atoms with E-state index in [9.17, 15) is 9.59 Å². The van der Waals surface area contributed by atoms with E-state index >= 15 is 0 Å². The van der Waals surface area contributed by atoms with E-state index < -0.39 is 0 Å². The molecule has 17 heavy (non-hydrogen) atoms. The predicted molar refractivity (Wildman–Crippen MR) is 64.2 cm³/mol. The molecule has 0 aromatic carbocycles. The van der Waals surface area contributed by atoms with Gasteiger partial charge in [0, 0.05) is 13.1 Å². The maximum absolute atomic E-state index is 11.1. The molecule has 0 aromatic heterocycles. The summed E-state index contributed by atoms with van der Waals surface area (Å²) in [4.78, 5) is 23.5. The summed E-state index contributed by atoms with van der Waals surface area (Å²) in [5, 5.41) is 2.90. The molecule has 7 heteroatoms. The summed E-state index contributed by atoms with van der Waals surface area (Å²) in [5.74, 6) is -0.651. The monoisotopic (exact) mass is 246 g/mol. The van der Waals surface area contributed by atoms with Crippen molar-refractivity contribution in [3.8, 4) is 0 Å². The third kappa shape index (κ3) is 9.73. The smallest absolute Gasteiger partial charge is 0.319 e. The molecule has 0 aliphatic heterocycles.